The first-order chi connectivity index (χ1) is 33.5. The summed E-state index contributed by atoms with van der Waals surface area (Å²) in [6.45, 7) is 4.95. The van der Waals surface area contributed by atoms with Gasteiger partial charge in [-0.2, -0.15) is 0 Å². The van der Waals surface area contributed by atoms with Gasteiger partial charge in [0, 0.05) is 12.8 Å². The largest absolute Gasteiger partial charge is 0.466 e. The van der Waals surface area contributed by atoms with E-state index in [0.29, 0.717) is 25.9 Å². The molecule has 0 aliphatic carbocycles. The minimum Gasteiger partial charge on any atom is -0.466 e. The second-order valence-corrected chi connectivity index (χ2v) is 21.4. The van der Waals surface area contributed by atoms with Crippen molar-refractivity contribution in [3.8, 4) is 0 Å². The zero-order valence-electron chi connectivity index (χ0n) is 46.1. The Kier molecular flexibility index (Phi) is 57.0. The van der Waals surface area contributed by atoms with E-state index in [1.165, 1.54) is 263 Å². The number of carbonyl (C=O) groups excluding carboxylic acids is 2. The molecule has 0 bridgehead atoms. The van der Waals surface area contributed by atoms with E-state index in [4.69, 9.17) is 4.74 Å². The predicted molar refractivity (Wildman–Crippen MR) is 297 cm³/mol. The number of rotatable bonds is 58. The van der Waals surface area contributed by atoms with Crippen LogP contribution in [-0.2, 0) is 14.3 Å². The van der Waals surface area contributed by atoms with Crippen molar-refractivity contribution < 1.29 is 24.5 Å². The number of nitrogens with one attached hydrogen (secondary N) is 1. The lowest BCUT2D eigenvalue weighted by atomic mass is 10.0. The molecule has 1 amide bonds. The van der Waals surface area contributed by atoms with Crippen molar-refractivity contribution in [2.24, 2.45) is 0 Å². The second-order valence-electron chi connectivity index (χ2n) is 21.4. The van der Waals surface area contributed by atoms with Crippen LogP contribution in [0.3, 0.4) is 0 Å². The molecule has 2 atom stereocenters. The number of unbranched alkanes of at least 4 members (excludes halogenated alkanes) is 45. The fourth-order valence-electron chi connectivity index (χ4n) is 9.81. The topological polar surface area (TPSA) is 95.9 Å². The van der Waals surface area contributed by atoms with Crippen LogP contribution in [0.25, 0.3) is 0 Å². The highest BCUT2D eigenvalue weighted by Gasteiger charge is 2.20. The maximum absolute atomic E-state index is 12.5. The van der Waals surface area contributed by atoms with Crippen molar-refractivity contribution in [1.82, 2.24) is 5.32 Å². The highest BCUT2D eigenvalue weighted by atomic mass is 16.5. The summed E-state index contributed by atoms with van der Waals surface area (Å²) in [4.78, 5) is 24.6. The van der Waals surface area contributed by atoms with Crippen molar-refractivity contribution in [2.75, 3.05) is 13.2 Å². The molecule has 0 aliphatic rings. The molecule has 404 valence electrons. The molecule has 0 heterocycles. The minimum absolute atomic E-state index is 0.00946. The standard InChI is InChI=1S/C62H121NO5/c1-3-5-7-9-11-13-15-17-19-20-21-22-23-24-25-26-27-30-34-38-42-46-50-54-60(65)59(58-64)63-61(66)55-51-47-43-39-35-31-28-29-33-37-41-45-49-53-57-68-62(67)56-52-48-44-40-36-32-18-16-14-12-10-8-6-4-2/h16,18,59-60,64-65H,3-15,17,19-58H2,1-2H3,(H,63,66)/b18-16-. The van der Waals surface area contributed by atoms with E-state index in [9.17, 15) is 19.8 Å². The molecule has 6 nitrogen and oxygen atoms in total. The molecular weight excluding hydrogens is 839 g/mol. The van der Waals surface area contributed by atoms with Gasteiger partial charge in [-0.3, -0.25) is 9.59 Å². The van der Waals surface area contributed by atoms with E-state index in [-0.39, 0.29) is 18.5 Å². The molecule has 0 aromatic carbocycles. The molecule has 0 radical (unpaired) electrons. The van der Waals surface area contributed by atoms with Crippen molar-refractivity contribution in [2.45, 2.75) is 360 Å². The summed E-state index contributed by atoms with van der Waals surface area (Å²) in [5.74, 6) is -0.0511. The monoisotopic (exact) mass is 960 g/mol. The Morgan fingerprint density at radius 2 is 0.691 bits per heavy atom. The molecule has 68 heavy (non-hydrogen) atoms. The van der Waals surface area contributed by atoms with Crippen LogP contribution in [0.1, 0.15) is 348 Å². The van der Waals surface area contributed by atoms with Gasteiger partial charge in [-0.1, -0.05) is 296 Å². The number of hydrogen-bond donors (Lipinski definition) is 3. The van der Waals surface area contributed by atoms with E-state index < -0.39 is 12.1 Å². The SMILES string of the molecule is CCCCCCC/C=C\CCCCCCCC(=O)OCCCCCCCCCCCCCCCCC(=O)NC(CO)C(O)CCCCCCCCCCCCCCCCCCCCCCCCC. The average molecular weight is 961 g/mol. The van der Waals surface area contributed by atoms with Crippen LogP contribution >= 0.6 is 0 Å². The maximum Gasteiger partial charge on any atom is 0.305 e. The molecule has 0 spiro atoms. The van der Waals surface area contributed by atoms with E-state index in [2.05, 4.69) is 31.3 Å². The van der Waals surface area contributed by atoms with Crippen LogP contribution in [-0.4, -0.2) is 47.4 Å². The van der Waals surface area contributed by atoms with Gasteiger partial charge in [0.05, 0.1) is 25.4 Å². The Balaban J connectivity index is 3.43. The maximum atomic E-state index is 12.5. The first-order valence-corrected chi connectivity index (χ1v) is 30.9. The van der Waals surface area contributed by atoms with E-state index in [1.54, 1.807) is 0 Å². The van der Waals surface area contributed by atoms with Crippen LogP contribution in [0.15, 0.2) is 12.2 Å². The summed E-state index contributed by atoms with van der Waals surface area (Å²) in [5.41, 5.74) is 0. The number of aliphatic hydroxyl groups is 2. The molecule has 6 heteroatoms. The Morgan fingerprint density at radius 3 is 1.04 bits per heavy atom. The second kappa shape index (κ2) is 58.2. The van der Waals surface area contributed by atoms with Crippen molar-refractivity contribution in [1.29, 1.82) is 0 Å². The lowest BCUT2D eigenvalue weighted by Crippen LogP contribution is -2.45. The van der Waals surface area contributed by atoms with Crippen molar-refractivity contribution in [3.63, 3.8) is 0 Å². The zero-order chi connectivity index (χ0) is 49.3. The van der Waals surface area contributed by atoms with Gasteiger partial charge in [-0.05, 0) is 51.4 Å². The van der Waals surface area contributed by atoms with Gasteiger partial charge in [0.2, 0.25) is 5.91 Å². The molecule has 0 fully saturated rings. The van der Waals surface area contributed by atoms with Crippen molar-refractivity contribution in [3.05, 3.63) is 12.2 Å². The number of amides is 1. The molecule has 2 unspecified atom stereocenters. The fraction of sp³-hybridized carbons (Fsp3) is 0.935. The predicted octanol–water partition coefficient (Wildman–Crippen LogP) is 19.2. The quantitative estimate of drug-likeness (QED) is 0.0321. The molecule has 0 aromatic heterocycles. The van der Waals surface area contributed by atoms with E-state index in [1.807, 2.05) is 0 Å². The van der Waals surface area contributed by atoms with Gasteiger partial charge < -0.3 is 20.3 Å². The molecule has 0 aliphatic heterocycles. The third-order valence-corrected chi connectivity index (χ3v) is 14.6. The summed E-state index contributed by atoms with van der Waals surface area (Å²) in [5, 5.41) is 23.4. The number of ether oxygens (including phenoxy) is 1. The first-order valence-electron chi connectivity index (χ1n) is 30.9. The summed E-state index contributed by atoms with van der Waals surface area (Å²) < 4.78 is 5.47. The first kappa shape index (κ1) is 66.6. The minimum atomic E-state index is -0.672. The number of carbonyl (C=O) groups is 2. The lowest BCUT2D eigenvalue weighted by molar-refractivity contribution is -0.143. The highest BCUT2D eigenvalue weighted by Crippen LogP contribution is 2.18. The Labute approximate surface area is 425 Å². The summed E-state index contributed by atoms with van der Waals surface area (Å²) in [7, 11) is 0. The van der Waals surface area contributed by atoms with Crippen molar-refractivity contribution >= 4 is 11.9 Å². The fourth-order valence-corrected chi connectivity index (χ4v) is 9.81. The Hall–Kier alpha value is -1.40. The molecule has 0 saturated carbocycles. The van der Waals surface area contributed by atoms with Gasteiger partial charge in [-0.15, -0.1) is 0 Å². The lowest BCUT2D eigenvalue weighted by Gasteiger charge is -2.22. The number of esters is 1. The number of hydrogen-bond acceptors (Lipinski definition) is 5. The van der Waals surface area contributed by atoms with Gasteiger partial charge in [0.1, 0.15) is 0 Å². The number of allylic oxidation sites excluding steroid dienone is 2. The van der Waals surface area contributed by atoms with Crippen LogP contribution < -0.4 is 5.32 Å². The molecule has 0 rings (SSSR count). The normalized spacial score (nSPS) is 12.6. The molecular formula is C62H121NO5. The number of aliphatic hydroxyl groups excluding tert-OH is 2. The molecule has 0 saturated heterocycles. The van der Waals surface area contributed by atoms with E-state index in [0.717, 1.165) is 51.4 Å². The van der Waals surface area contributed by atoms with Crippen LogP contribution in [0.4, 0.5) is 0 Å². The summed E-state index contributed by atoms with van der Waals surface area (Å²) >= 11 is 0. The zero-order valence-corrected chi connectivity index (χ0v) is 46.1. The Morgan fingerprint density at radius 1 is 0.397 bits per heavy atom. The average Bonchev–Trinajstić information content (AvgIpc) is 3.34. The van der Waals surface area contributed by atoms with Gasteiger partial charge in [-0.25, -0.2) is 0 Å². The van der Waals surface area contributed by atoms with Crippen LogP contribution in [0.5, 0.6) is 0 Å². The Bertz CT molecular complexity index is 1020. The van der Waals surface area contributed by atoms with Gasteiger partial charge in [0.15, 0.2) is 0 Å². The molecule has 3 N–H and O–H groups in total. The van der Waals surface area contributed by atoms with Crippen LogP contribution in [0.2, 0.25) is 0 Å². The van der Waals surface area contributed by atoms with E-state index >= 15 is 0 Å². The third-order valence-electron chi connectivity index (χ3n) is 14.6. The highest BCUT2D eigenvalue weighted by molar-refractivity contribution is 5.76. The third kappa shape index (κ3) is 53.9. The molecule has 0 aromatic rings. The van der Waals surface area contributed by atoms with Crippen LogP contribution in [0, 0.1) is 0 Å². The summed E-state index contributed by atoms with van der Waals surface area (Å²) in [6, 6.07) is -0.550. The summed E-state index contributed by atoms with van der Waals surface area (Å²) in [6.07, 6.45) is 69.2. The smallest absolute Gasteiger partial charge is 0.305 e. The van der Waals surface area contributed by atoms with Gasteiger partial charge >= 0.3 is 5.97 Å². The van der Waals surface area contributed by atoms with Gasteiger partial charge in [0.25, 0.3) is 0 Å².